The lowest BCUT2D eigenvalue weighted by Crippen LogP contribution is -2.33. The van der Waals surface area contributed by atoms with Gasteiger partial charge in [0.2, 0.25) is 10.0 Å². The van der Waals surface area contributed by atoms with Crippen molar-refractivity contribution in [3.63, 3.8) is 0 Å². The third kappa shape index (κ3) is 3.22. The van der Waals surface area contributed by atoms with E-state index >= 15 is 0 Å². The van der Waals surface area contributed by atoms with Gasteiger partial charge in [-0.05, 0) is 18.8 Å². The molecular formula is C9H20N2O2S. The third-order valence-electron chi connectivity index (χ3n) is 2.53. The van der Waals surface area contributed by atoms with E-state index in [1.807, 2.05) is 13.8 Å². The molecule has 0 spiro atoms. The predicted octanol–water partition coefficient (Wildman–Crippen LogP) is 0.395. The first-order valence-corrected chi connectivity index (χ1v) is 6.76. The van der Waals surface area contributed by atoms with Crippen molar-refractivity contribution >= 4 is 10.0 Å². The van der Waals surface area contributed by atoms with Crippen molar-refractivity contribution in [1.29, 1.82) is 0 Å². The average molecular weight is 220 g/mol. The second-order valence-electron chi connectivity index (χ2n) is 4.41. The van der Waals surface area contributed by atoms with Crippen molar-refractivity contribution in [2.45, 2.75) is 32.7 Å². The molecule has 1 heterocycles. The molecule has 1 saturated heterocycles. The number of sulfonamides is 1. The molecule has 0 aromatic heterocycles. The molecule has 4 nitrogen and oxygen atoms in total. The van der Waals surface area contributed by atoms with Gasteiger partial charge in [-0.25, -0.2) is 12.7 Å². The number of hydrogen-bond donors (Lipinski definition) is 1. The van der Waals surface area contributed by atoms with Crippen molar-refractivity contribution in [3.05, 3.63) is 0 Å². The first kappa shape index (κ1) is 11.9. The smallest absolute Gasteiger partial charge is 0.214 e. The molecule has 1 aliphatic rings. The Morgan fingerprint density at radius 3 is 2.57 bits per heavy atom. The Morgan fingerprint density at radius 1 is 1.50 bits per heavy atom. The van der Waals surface area contributed by atoms with E-state index in [1.165, 1.54) is 4.31 Å². The van der Waals surface area contributed by atoms with Crippen LogP contribution >= 0.6 is 0 Å². The van der Waals surface area contributed by atoms with Gasteiger partial charge < -0.3 is 5.73 Å². The summed E-state index contributed by atoms with van der Waals surface area (Å²) in [4.78, 5) is 0. The minimum absolute atomic E-state index is 0.0313. The minimum atomic E-state index is -3.03. The van der Waals surface area contributed by atoms with Crippen LogP contribution in [-0.2, 0) is 10.0 Å². The Balaban J connectivity index is 2.49. The summed E-state index contributed by atoms with van der Waals surface area (Å²) in [7, 11) is -3.03. The molecule has 0 aromatic carbocycles. The van der Waals surface area contributed by atoms with Gasteiger partial charge in [0.05, 0.1) is 5.75 Å². The van der Waals surface area contributed by atoms with Gasteiger partial charge in [0, 0.05) is 19.1 Å². The molecule has 14 heavy (non-hydrogen) atoms. The highest BCUT2D eigenvalue weighted by Crippen LogP contribution is 2.14. The first-order chi connectivity index (χ1) is 6.42. The highest BCUT2D eigenvalue weighted by Gasteiger charge is 2.28. The summed E-state index contributed by atoms with van der Waals surface area (Å²) in [5, 5.41) is 0. The van der Waals surface area contributed by atoms with Gasteiger partial charge in [-0.3, -0.25) is 0 Å². The number of nitrogens with two attached hydrogens (primary N) is 1. The standard InChI is InChI=1S/C9H20N2O2S/c1-8(2)4-6-14(12,13)11-5-3-9(10)7-11/h8-9H,3-7,10H2,1-2H3. The van der Waals surface area contributed by atoms with Gasteiger partial charge in [0.1, 0.15) is 0 Å². The summed E-state index contributed by atoms with van der Waals surface area (Å²) < 4.78 is 25.0. The summed E-state index contributed by atoms with van der Waals surface area (Å²) >= 11 is 0. The van der Waals surface area contributed by atoms with E-state index in [-0.39, 0.29) is 11.8 Å². The first-order valence-electron chi connectivity index (χ1n) is 5.15. The third-order valence-corrected chi connectivity index (χ3v) is 4.40. The van der Waals surface area contributed by atoms with Crippen LogP contribution in [0.25, 0.3) is 0 Å². The van der Waals surface area contributed by atoms with Gasteiger partial charge in [0.25, 0.3) is 0 Å². The highest BCUT2D eigenvalue weighted by molar-refractivity contribution is 7.89. The largest absolute Gasteiger partial charge is 0.326 e. The molecule has 0 radical (unpaired) electrons. The van der Waals surface area contributed by atoms with Crippen LogP contribution in [0.15, 0.2) is 0 Å². The molecule has 1 fully saturated rings. The van der Waals surface area contributed by atoms with Crippen LogP contribution in [0.4, 0.5) is 0 Å². The molecule has 2 N–H and O–H groups in total. The lowest BCUT2D eigenvalue weighted by atomic mass is 10.2. The van der Waals surface area contributed by atoms with E-state index in [1.54, 1.807) is 0 Å². The number of hydrogen-bond acceptors (Lipinski definition) is 3. The van der Waals surface area contributed by atoms with E-state index < -0.39 is 10.0 Å². The molecular weight excluding hydrogens is 200 g/mol. The SMILES string of the molecule is CC(C)CCS(=O)(=O)N1CCC(N)C1. The molecule has 1 aliphatic heterocycles. The fraction of sp³-hybridized carbons (Fsp3) is 1.00. The van der Waals surface area contributed by atoms with Gasteiger partial charge in [-0.2, -0.15) is 0 Å². The molecule has 84 valence electrons. The Hall–Kier alpha value is -0.130. The molecule has 0 amide bonds. The molecule has 1 atom stereocenters. The Morgan fingerprint density at radius 2 is 2.14 bits per heavy atom. The van der Waals surface area contributed by atoms with Gasteiger partial charge in [-0.15, -0.1) is 0 Å². The van der Waals surface area contributed by atoms with Crippen LogP contribution in [0.5, 0.6) is 0 Å². The lowest BCUT2D eigenvalue weighted by Gasteiger charge is -2.16. The molecule has 1 unspecified atom stereocenters. The van der Waals surface area contributed by atoms with Gasteiger partial charge in [0.15, 0.2) is 0 Å². The maximum absolute atomic E-state index is 11.8. The van der Waals surface area contributed by atoms with Crippen LogP contribution in [0.3, 0.4) is 0 Å². The zero-order valence-electron chi connectivity index (χ0n) is 8.94. The summed E-state index contributed by atoms with van der Waals surface area (Å²) in [6.07, 6.45) is 1.52. The van der Waals surface area contributed by atoms with Crippen LogP contribution in [0.1, 0.15) is 26.7 Å². The Kier molecular flexibility index (Phi) is 3.92. The number of rotatable bonds is 4. The lowest BCUT2D eigenvalue weighted by molar-refractivity contribution is 0.466. The second kappa shape index (κ2) is 4.59. The summed E-state index contributed by atoms with van der Waals surface area (Å²) in [5.41, 5.74) is 5.67. The normalized spacial score (nSPS) is 24.7. The minimum Gasteiger partial charge on any atom is -0.326 e. The van der Waals surface area contributed by atoms with Gasteiger partial charge >= 0.3 is 0 Å². The summed E-state index contributed by atoms with van der Waals surface area (Å²) in [6, 6.07) is 0.0313. The maximum atomic E-state index is 11.8. The molecule has 5 heteroatoms. The summed E-state index contributed by atoms with van der Waals surface area (Å²) in [5.74, 6) is 0.693. The molecule has 0 bridgehead atoms. The van der Waals surface area contributed by atoms with Crippen LogP contribution in [0.2, 0.25) is 0 Å². The second-order valence-corrected chi connectivity index (χ2v) is 6.49. The van der Waals surface area contributed by atoms with E-state index in [4.69, 9.17) is 5.73 Å². The molecule has 1 rings (SSSR count). The molecule has 0 saturated carbocycles. The van der Waals surface area contributed by atoms with E-state index in [0.29, 0.717) is 19.0 Å². The van der Waals surface area contributed by atoms with E-state index in [0.717, 1.165) is 12.8 Å². The summed E-state index contributed by atoms with van der Waals surface area (Å²) in [6.45, 7) is 5.17. The Bertz CT molecular complexity index is 275. The predicted molar refractivity (Wildman–Crippen MR) is 57.4 cm³/mol. The zero-order chi connectivity index (χ0) is 10.8. The van der Waals surface area contributed by atoms with Gasteiger partial charge in [-0.1, -0.05) is 13.8 Å². The Labute approximate surface area is 86.5 Å². The van der Waals surface area contributed by atoms with Crippen LogP contribution < -0.4 is 5.73 Å². The zero-order valence-corrected chi connectivity index (χ0v) is 9.76. The van der Waals surface area contributed by atoms with E-state index in [2.05, 4.69) is 0 Å². The fourth-order valence-electron chi connectivity index (χ4n) is 1.52. The van der Waals surface area contributed by atoms with Crippen molar-refractivity contribution in [3.8, 4) is 0 Å². The van der Waals surface area contributed by atoms with E-state index in [9.17, 15) is 8.42 Å². The molecule has 0 aliphatic carbocycles. The maximum Gasteiger partial charge on any atom is 0.214 e. The molecule has 0 aromatic rings. The monoisotopic (exact) mass is 220 g/mol. The highest BCUT2D eigenvalue weighted by atomic mass is 32.2. The van der Waals surface area contributed by atoms with Crippen molar-refractivity contribution in [1.82, 2.24) is 4.31 Å². The number of nitrogens with zero attached hydrogens (tertiary/aromatic N) is 1. The fourth-order valence-corrected chi connectivity index (χ4v) is 3.35. The quantitative estimate of drug-likeness (QED) is 0.745. The van der Waals surface area contributed by atoms with Crippen molar-refractivity contribution in [2.75, 3.05) is 18.8 Å². The average Bonchev–Trinajstić information content (AvgIpc) is 2.49. The van der Waals surface area contributed by atoms with Crippen molar-refractivity contribution < 1.29 is 8.42 Å². The van der Waals surface area contributed by atoms with Crippen LogP contribution in [0, 0.1) is 5.92 Å². The van der Waals surface area contributed by atoms with Crippen LogP contribution in [-0.4, -0.2) is 37.6 Å². The topological polar surface area (TPSA) is 63.4 Å². The van der Waals surface area contributed by atoms with Crippen molar-refractivity contribution in [2.24, 2.45) is 11.7 Å².